The zero-order valence-electron chi connectivity index (χ0n) is 7.20. The lowest BCUT2D eigenvalue weighted by Crippen LogP contribution is -2.44. The molecule has 68 valence electrons. The van der Waals surface area contributed by atoms with E-state index in [-0.39, 0.29) is 0 Å². The van der Waals surface area contributed by atoms with E-state index in [9.17, 15) is 4.79 Å². The smallest absolute Gasteiger partial charge is 0.371 e. The summed E-state index contributed by atoms with van der Waals surface area (Å²) >= 11 is 0. The van der Waals surface area contributed by atoms with Crippen molar-refractivity contribution in [2.75, 3.05) is 20.8 Å². The summed E-state index contributed by atoms with van der Waals surface area (Å²) in [7, 11) is 2.71. The van der Waals surface area contributed by atoms with Gasteiger partial charge in [-0.2, -0.15) is 0 Å². The number of carbonyl (C=O) groups is 1. The average molecular weight is 172 g/mol. The number of carbonyl (C=O) groups excluding carboxylic acids is 1. The minimum atomic E-state index is -1.31. The van der Waals surface area contributed by atoms with E-state index in [0.29, 0.717) is 6.61 Å². The zero-order chi connectivity index (χ0) is 9.03. The van der Waals surface area contributed by atoms with Gasteiger partial charge in [0, 0.05) is 7.11 Å². The van der Waals surface area contributed by atoms with Crippen LogP contribution in [0.15, 0.2) is 12.2 Å². The van der Waals surface area contributed by atoms with Crippen molar-refractivity contribution in [3.63, 3.8) is 0 Å². The molecule has 0 aromatic carbocycles. The Balaban J connectivity index is 2.80. The van der Waals surface area contributed by atoms with Gasteiger partial charge < -0.3 is 14.2 Å². The molecule has 0 fully saturated rings. The first kappa shape index (κ1) is 9.22. The van der Waals surface area contributed by atoms with Gasteiger partial charge in [-0.15, -0.1) is 0 Å². The topological polar surface area (TPSA) is 44.8 Å². The van der Waals surface area contributed by atoms with Crippen LogP contribution in [0.1, 0.15) is 6.42 Å². The second-order valence-corrected chi connectivity index (χ2v) is 2.40. The summed E-state index contributed by atoms with van der Waals surface area (Å²) in [4.78, 5) is 11.2. The van der Waals surface area contributed by atoms with Crippen molar-refractivity contribution in [2.45, 2.75) is 12.2 Å². The minimum absolute atomic E-state index is 0.472. The lowest BCUT2D eigenvalue weighted by atomic mass is 10.2. The van der Waals surface area contributed by atoms with Crippen molar-refractivity contribution in [1.82, 2.24) is 0 Å². The fraction of sp³-hybridized carbons (Fsp3) is 0.625. The molecule has 12 heavy (non-hydrogen) atoms. The number of ether oxygens (including phenoxy) is 3. The molecule has 0 saturated carbocycles. The molecule has 4 nitrogen and oxygen atoms in total. The minimum Gasteiger partial charge on any atom is -0.465 e. The molecule has 4 heteroatoms. The van der Waals surface area contributed by atoms with E-state index in [2.05, 4.69) is 4.74 Å². The van der Waals surface area contributed by atoms with Crippen molar-refractivity contribution >= 4 is 5.97 Å². The van der Waals surface area contributed by atoms with Crippen LogP contribution < -0.4 is 0 Å². The quantitative estimate of drug-likeness (QED) is 0.449. The molecule has 0 aliphatic carbocycles. The van der Waals surface area contributed by atoms with Crippen LogP contribution in [0.25, 0.3) is 0 Å². The fourth-order valence-electron chi connectivity index (χ4n) is 1.04. The van der Waals surface area contributed by atoms with Gasteiger partial charge in [0.25, 0.3) is 5.79 Å². The van der Waals surface area contributed by atoms with Crippen molar-refractivity contribution in [2.24, 2.45) is 0 Å². The summed E-state index contributed by atoms with van der Waals surface area (Å²) in [6.07, 6.45) is 4.20. The highest BCUT2D eigenvalue weighted by molar-refractivity contribution is 5.80. The van der Waals surface area contributed by atoms with E-state index in [1.165, 1.54) is 14.2 Å². The van der Waals surface area contributed by atoms with Crippen molar-refractivity contribution in [1.29, 1.82) is 0 Å². The number of hydrogen-bond acceptors (Lipinski definition) is 4. The third-order valence-electron chi connectivity index (χ3n) is 1.71. The Labute approximate surface area is 71.1 Å². The molecule has 0 aromatic heterocycles. The van der Waals surface area contributed by atoms with Crippen LogP contribution in [-0.2, 0) is 19.0 Å². The van der Waals surface area contributed by atoms with E-state index in [1.807, 2.05) is 6.08 Å². The first-order valence-electron chi connectivity index (χ1n) is 3.70. The molecule has 1 aliphatic rings. The lowest BCUT2D eigenvalue weighted by Gasteiger charge is -2.28. The molecule has 1 aliphatic heterocycles. The normalized spacial score (nSPS) is 28.5. The molecule has 0 amide bonds. The van der Waals surface area contributed by atoms with Gasteiger partial charge in [-0.25, -0.2) is 4.79 Å². The van der Waals surface area contributed by atoms with Crippen molar-refractivity contribution < 1.29 is 19.0 Å². The fourth-order valence-corrected chi connectivity index (χ4v) is 1.04. The monoisotopic (exact) mass is 172 g/mol. The molecule has 1 rings (SSSR count). The highest BCUT2D eigenvalue weighted by Crippen LogP contribution is 2.20. The second-order valence-electron chi connectivity index (χ2n) is 2.40. The third kappa shape index (κ3) is 1.49. The Morgan fingerprint density at radius 3 is 2.75 bits per heavy atom. The first-order chi connectivity index (χ1) is 5.75. The van der Waals surface area contributed by atoms with Crippen LogP contribution in [0.4, 0.5) is 0 Å². The first-order valence-corrected chi connectivity index (χ1v) is 3.70. The van der Waals surface area contributed by atoms with Gasteiger partial charge in [0.15, 0.2) is 0 Å². The summed E-state index contributed by atoms with van der Waals surface area (Å²) in [5, 5.41) is 0. The molecule has 1 unspecified atom stereocenters. The van der Waals surface area contributed by atoms with Crippen LogP contribution in [-0.4, -0.2) is 32.6 Å². The average Bonchev–Trinajstić information content (AvgIpc) is 2.17. The Bertz CT molecular complexity index is 199. The largest absolute Gasteiger partial charge is 0.465 e. The number of methoxy groups -OCH3 is 2. The van der Waals surface area contributed by atoms with Crippen LogP contribution in [0.2, 0.25) is 0 Å². The van der Waals surface area contributed by atoms with E-state index < -0.39 is 11.8 Å². The molecule has 0 aromatic rings. The van der Waals surface area contributed by atoms with Gasteiger partial charge in [-0.1, -0.05) is 6.08 Å². The predicted molar refractivity (Wildman–Crippen MR) is 41.5 cm³/mol. The molecular formula is C8H12O4. The maximum atomic E-state index is 11.2. The molecule has 1 atom stereocenters. The van der Waals surface area contributed by atoms with Gasteiger partial charge in [0.1, 0.15) is 0 Å². The second kappa shape index (κ2) is 3.69. The summed E-state index contributed by atoms with van der Waals surface area (Å²) in [6.45, 7) is 0.472. The van der Waals surface area contributed by atoms with E-state index in [0.717, 1.165) is 6.42 Å². The molecule has 0 spiro atoms. The van der Waals surface area contributed by atoms with Crippen LogP contribution in [0.3, 0.4) is 0 Å². The van der Waals surface area contributed by atoms with Crippen LogP contribution in [0, 0.1) is 0 Å². The Hall–Kier alpha value is -0.870. The van der Waals surface area contributed by atoms with Gasteiger partial charge in [-0.05, 0) is 12.5 Å². The zero-order valence-corrected chi connectivity index (χ0v) is 7.20. The number of hydrogen-bond donors (Lipinski definition) is 0. The lowest BCUT2D eigenvalue weighted by molar-refractivity contribution is -0.218. The van der Waals surface area contributed by atoms with Gasteiger partial charge in [0.05, 0.1) is 13.7 Å². The summed E-state index contributed by atoms with van der Waals surface area (Å²) in [6, 6.07) is 0. The van der Waals surface area contributed by atoms with Crippen LogP contribution >= 0.6 is 0 Å². The van der Waals surface area contributed by atoms with E-state index >= 15 is 0 Å². The highest BCUT2D eigenvalue weighted by Gasteiger charge is 2.39. The SMILES string of the molecule is COC(=O)C1(OC)C=CCCO1. The molecule has 0 bridgehead atoms. The van der Waals surface area contributed by atoms with Gasteiger partial charge >= 0.3 is 5.97 Å². The molecule has 0 saturated heterocycles. The third-order valence-corrected chi connectivity index (χ3v) is 1.71. The van der Waals surface area contributed by atoms with Crippen molar-refractivity contribution in [3.8, 4) is 0 Å². The van der Waals surface area contributed by atoms with E-state index in [4.69, 9.17) is 9.47 Å². The summed E-state index contributed by atoms with van der Waals surface area (Å²) in [5.74, 6) is -1.84. The van der Waals surface area contributed by atoms with Gasteiger partial charge in [0.2, 0.25) is 0 Å². The maximum absolute atomic E-state index is 11.2. The molecule has 0 radical (unpaired) electrons. The Morgan fingerprint density at radius 1 is 1.58 bits per heavy atom. The summed E-state index contributed by atoms with van der Waals surface area (Å²) in [5.41, 5.74) is 0. The summed E-state index contributed by atoms with van der Waals surface area (Å²) < 4.78 is 14.7. The highest BCUT2D eigenvalue weighted by atomic mass is 16.7. The molecule has 0 N–H and O–H groups in total. The molecular weight excluding hydrogens is 160 g/mol. The van der Waals surface area contributed by atoms with Crippen LogP contribution in [0.5, 0.6) is 0 Å². The van der Waals surface area contributed by atoms with Crippen molar-refractivity contribution in [3.05, 3.63) is 12.2 Å². The molecule has 1 heterocycles. The number of rotatable bonds is 2. The predicted octanol–water partition coefficient (Wildman–Crippen LogP) is 0.479. The maximum Gasteiger partial charge on any atom is 0.371 e. The Kier molecular flexibility index (Phi) is 2.83. The number of esters is 1. The van der Waals surface area contributed by atoms with E-state index in [1.54, 1.807) is 6.08 Å². The standard InChI is InChI=1S/C8H12O4/c1-10-7(9)8(11-2)5-3-4-6-12-8/h3,5H,4,6H2,1-2H3. The van der Waals surface area contributed by atoms with Gasteiger partial charge in [-0.3, -0.25) is 0 Å². The Morgan fingerprint density at radius 2 is 2.33 bits per heavy atom.